The maximum atomic E-state index is 11.0. The van der Waals surface area contributed by atoms with Crippen molar-refractivity contribution in [3.8, 4) is 0 Å². The molecule has 1 aromatic heterocycles. The summed E-state index contributed by atoms with van der Waals surface area (Å²) < 4.78 is 0. The third-order valence-corrected chi connectivity index (χ3v) is 2.48. The topological polar surface area (TPSA) is 84.7 Å². The van der Waals surface area contributed by atoms with Crippen molar-refractivity contribution in [3.05, 3.63) is 16.3 Å². The molecule has 0 fully saturated rings. The molecule has 3 N–H and O–H groups in total. The molecular formula is C11H20N4O. The number of nitrogen functional groups attached to an aromatic ring is 1. The minimum atomic E-state index is -0.409. The molecule has 1 heterocycles. The number of aromatic nitrogens is 3. The Balaban J connectivity index is 2.24. The summed E-state index contributed by atoms with van der Waals surface area (Å²) >= 11 is 0. The second-order valence-electron chi connectivity index (χ2n) is 3.98. The van der Waals surface area contributed by atoms with Gasteiger partial charge in [0.15, 0.2) is 0 Å². The van der Waals surface area contributed by atoms with E-state index in [2.05, 4.69) is 21.9 Å². The van der Waals surface area contributed by atoms with Crippen LogP contribution in [0.1, 0.15) is 51.3 Å². The lowest BCUT2D eigenvalue weighted by Gasteiger charge is -2.01. The van der Waals surface area contributed by atoms with Crippen LogP contribution in [0.3, 0.4) is 0 Å². The maximum absolute atomic E-state index is 11.0. The number of unbranched alkanes of at least 4 members (excludes halogenated alkanes) is 5. The molecule has 0 bridgehead atoms. The Labute approximate surface area is 95.5 Å². The SMILES string of the molecule is CCCCCCCCc1nc(N)nc(=O)[nH]1. The molecule has 0 saturated heterocycles. The summed E-state index contributed by atoms with van der Waals surface area (Å²) in [5.74, 6) is 0.706. The van der Waals surface area contributed by atoms with Crippen LogP contribution in [0.2, 0.25) is 0 Å². The second kappa shape index (κ2) is 6.98. The van der Waals surface area contributed by atoms with Crippen molar-refractivity contribution >= 4 is 5.95 Å². The van der Waals surface area contributed by atoms with Crippen LogP contribution in [-0.2, 0) is 6.42 Å². The van der Waals surface area contributed by atoms with Crippen LogP contribution in [0.25, 0.3) is 0 Å². The van der Waals surface area contributed by atoms with E-state index in [0.29, 0.717) is 5.82 Å². The van der Waals surface area contributed by atoms with Crippen LogP contribution in [0.4, 0.5) is 5.95 Å². The van der Waals surface area contributed by atoms with Crippen molar-refractivity contribution in [2.24, 2.45) is 0 Å². The molecule has 0 spiro atoms. The Hall–Kier alpha value is -1.39. The summed E-state index contributed by atoms with van der Waals surface area (Å²) in [7, 11) is 0. The van der Waals surface area contributed by atoms with Crippen LogP contribution in [0, 0.1) is 0 Å². The molecule has 0 radical (unpaired) electrons. The van der Waals surface area contributed by atoms with Gasteiger partial charge in [0, 0.05) is 6.42 Å². The summed E-state index contributed by atoms with van der Waals surface area (Å²) in [5.41, 5.74) is 4.98. The lowest BCUT2D eigenvalue weighted by molar-refractivity contribution is 0.599. The number of nitrogens with two attached hydrogens (primary N) is 1. The van der Waals surface area contributed by atoms with E-state index in [4.69, 9.17) is 5.73 Å². The van der Waals surface area contributed by atoms with Crippen molar-refractivity contribution in [1.82, 2.24) is 15.0 Å². The van der Waals surface area contributed by atoms with Crippen LogP contribution < -0.4 is 11.4 Å². The minimum absolute atomic E-state index is 0.0599. The van der Waals surface area contributed by atoms with E-state index in [9.17, 15) is 4.79 Å². The zero-order valence-electron chi connectivity index (χ0n) is 9.83. The van der Waals surface area contributed by atoms with Gasteiger partial charge >= 0.3 is 5.69 Å². The van der Waals surface area contributed by atoms with Crippen molar-refractivity contribution in [2.45, 2.75) is 51.9 Å². The Morgan fingerprint density at radius 2 is 1.81 bits per heavy atom. The number of nitrogens with zero attached hydrogens (tertiary/aromatic N) is 2. The van der Waals surface area contributed by atoms with E-state index in [1.165, 1.54) is 32.1 Å². The number of H-pyrrole nitrogens is 1. The first kappa shape index (κ1) is 12.7. The van der Waals surface area contributed by atoms with Crippen molar-refractivity contribution in [3.63, 3.8) is 0 Å². The first-order chi connectivity index (χ1) is 7.72. The molecule has 16 heavy (non-hydrogen) atoms. The van der Waals surface area contributed by atoms with Crippen molar-refractivity contribution < 1.29 is 0 Å². The molecule has 5 nitrogen and oxygen atoms in total. The van der Waals surface area contributed by atoms with Crippen LogP contribution in [0.5, 0.6) is 0 Å². The maximum Gasteiger partial charge on any atom is 0.349 e. The summed E-state index contributed by atoms with van der Waals surface area (Å²) in [4.78, 5) is 21.0. The zero-order valence-corrected chi connectivity index (χ0v) is 9.83. The number of nitrogens with one attached hydrogen (secondary N) is 1. The summed E-state index contributed by atoms with van der Waals surface area (Å²) in [5, 5.41) is 0. The lowest BCUT2D eigenvalue weighted by atomic mass is 10.1. The van der Waals surface area contributed by atoms with E-state index in [0.717, 1.165) is 12.8 Å². The summed E-state index contributed by atoms with van der Waals surface area (Å²) in [6.07, 6.45) is 8.08. The van der Waals surface area contributed by atoms with Crippen LogP contribution in [0.15, 0.2) is 4.79 Å². The normalized spacial score (nSPS) is 10.6. The van der Waals surface area contributed by atoms with Gasteiger partial charge in [0.25, 0.3) is 0 Å². The van der Waals surface area contributed by atoms with Gasteiger partial charge in [-0.25, -0.2) is 4.79 Å². The first-order valence-corrected chi connectivity index (χ1v) is 5.95. The first-order valence-electron chi connectivity index (χ1n) is 5.95. The van der Waals surface area contributed by atoms with Crippen molar-refractivity contribution in [1.29, 1.82) is 0 Å². The van der Waals surface area contributed by atoms with Gasteiger partial charge in [0.1, 0.15) is 5.82 Å². The smallest absolute Gasteiger partial charge is 0.349 e. The third-order valence-electron chi connectivity index (χ3n) is 2.48. The Morgan fingerprint density at radius 3 is 2.50 bits per heavy atom. The van der Waals surface area contributed by atoms with E-state index in [1.54, 1.807) is 0 Å². The highest BCUT2D eigenvalue weighted by atomic mass is 16.1. The molecule has 1 aromatic rings. The van der Waals surface area contributed by atoms with Gasteiger partial charge in [-0.3, -0.25) is 4.98 Å². The molecule has 0 aliphatic rings. The summed E-state index contributed by atoms with van der Waals surface area (Å²) in [6.45, 7) is 2.20. The average Bonchev–Trinajstić information content (AvgIpc) is 2.22. The van der Waals surface area contributed by atoms with E-state index in [-0.39, 0.29) is 5.95 Å². The highest BCUT2D eigenvalue weighted by Crippen LogP contribution is 2.07. The number of rotatable bonds is 7. The molecule has 90 valence electrons. The second-order valence-corrected chi connectivity index (χ2v) is 3.98. The van der Waals surface area contributed by atoms with Crippen LogP contribution in [-0.4, -0.2) is 15.0 Å². The molecule has 0 saturated carbocycles. The highest BCUT2D eigenvalue weighted by molar-refractivity contribution is 5.12. The van der Waals surface area contributed by atoms with Crippen molar-refractivity contribution in [2.75, 3.05) is 5.73 Å². The number of aromatic amines is 1. The molecule has 0 aliphatic heterocycles. The van der Waals surface area contributed by atoms with Gasteiger partial charge < -0.3 is 5.73 Å². The average molecular weight is 224 g/mol. The minimum Gasteiger partial charge on any atom is -0.368 e. The van der Waals surface area contributed by atoms with E-state index in [1.807, 2.05) is 0 Å². The molecule has 1 rings (SSSR count). The van der Waals surface area contributed by atoms with Gasteiger partial charge in [-0.05, 0) is 6.42 Å². The Morgan fingerprint density at radius 1 is 1.12 bits per heavy atom. The number of aryl methyl sites for hydroxylation is 1. The predicted octanol–water partition coefficient (Wildman–Crippen LogP) is 1.65. The Kier molecular flexibility index (Phi) is 5.53. The Bertz CT molecular complexity index is 361. The van der Waals surface area contributed by atoms with Crippen LogP contribution >= 0.6 is 0 Å². The number of hydrogen-bond donors (Lipinski definition) is 2. The highest BCUT2D eigenvalue weighted by Gasteiger charge is 1.99. The van der Waals surface area contributed by atoms with Gasteiger partial charge in [-0.2, -0.15) is 9.97 Å². The fourth-order valence-corrected chi connectivity index (χ4v) is 1.64. The van der Waals surface area contributed by atoms with Gasteiger partial charge in [0.2, 0.25) is 5.95 Å². The number of anilines is 1. The van der Waals surface area contributed by atoms with E-state index < -0.39 is 5.69 Å². The molecule has 0 aromatic carbocycles. The molecule has 0 aliphatic carbocycles. The molecule has 5 heteroatoms. The lowest BCUT2D eigenvalue weighted by Crippen LogP contribution is -2.17. The fraction of sp³-hybridized carbons (Fsp3) is 0.727. The molecular weight excluding hydrogens is 204 g/mol. The zero-order chi connectivity index (χ0) is 11.8. The summed E-state index contributed by atoms with van der Waals surface area (Å²) in [6, 6.07) is 0. The predicted molar refractivity (Wildman–Crippen MR) is 64.1 cm³/mol. The van der Waals surface area contributed by atoms with Gasteiger partial charge in [-0.15, -0.1) is 0 Å². The third kappa shape index (κ3) is 4.91. The number of hydrogen-bond acceptors (Lipinski definition) is 4. The standard InChI is InChI=1S/C11H20N4O/c1-2-3-4-5-6-7-8-9-13-10(12)15-11(16)14-9/h2-8H2,1H3,(H3,12,13,14,15,16). The largest absolute Gasteiger partial charge is 0.368 e. The fourth-order valence-electron chi connectivity index (χ4n) is 1.64. The quantitative estimate of drug-likeness (QED) is 0.690. The molecule has 0 unspecified atom stereocenters. The van der Waals surface area contributed by atoms with E-state index >= 15 is 0 Å². The molecule has 0 amide bonds. The van der Waals surface area contributed by atoms with Gasteiger partial charge in [0.05, 0.1) is 0 Å². The molecule has 0 atom stereocenters. The monoisotopic (exact) mass is 224 g/mol. The van der Waals surface area contributed by atoms with Gasteiger partial charge in [-0.1, -0.05) is 39.0 Å².